The number of nitrogens with zero attached hydrogens (tertiary/aromatic N) is 1. The normalized spacial score (nSPS) is 19.3. The zero-order valence-corrected chi connectivity index (χ0v) is 16.3. The second kappa shape index (κ2) is 7.01. The summed E-state index contributed by atoms with van der Waals surface area (Å²) in [7, 11) is 0. The maximum absolute atomic E-state index is 13.2. The van der Waals surface area contributed by atoms with Crippen LogP contribution in [0.2, 0.25) is 0 Å². The molecule has 0 bridgehead atoms. The zero-order chi connectivity index (χ0) is 19.1. The van der Waals surface area contributed by atoms with Gasteiger partial charge in [0.15, 0.2) is 0 Å². The van der Waals surface area contributed by atoms with Crippen LogP contribution in [0, 0.1) is 5.92 Å². The van der Waals surface area contributed by atoms with Crippen molar-refractivity contribution in [3.05, 3.63) is 65.4 Å². The molecule has 1 fully saturated rings. The van der Waals surface area contributed by atoms with E-state index < -0.39 is 0 Å². The Kier molecular flexibility index (Phi) is 4.34. The van der Waals surface area contributed by atoms with E-state index in [1.165, 1.54) is 23.1 Å². The van der Waals surface area contributed by atoms with Gasteiger partial charge < -0.3 is 14.6 Å². The Labute approximate surface area is 165 Å². The molecule has 1 aliphatic heterocycles. The molecular formula is C24H26N2O2. The maximum atomic E-state index is 13.2. The minimum Gasteiger partial charge on any atom is -0.494 e. The lowest BCUT2D eigenvalue weighted by Crippen LogP contribution is -2.45. The van der Waals surface area contributed by atoms with Gasteiger partial charge in [0.2, 0.25) is 5.91 Å². The number of carbonyl (C=O) groups excluding carboxylic acids is 1. The Morgan fingerprint density at radius 2 is 1.93 bits per heavy atom. The van der Waals surface area contributed by atoms with Crippen LogP contribution in [0.3, 0.4) is 0 Å². The van der Waals surface area contributed by atoms with Crippen LogP contribution in [0.1, 0.15) is 49.0 Å². The van der Waals surface area contributed by atoms with Gasteiger partial charge in [0.1, 0.15) is 5.75 Å². The van der Waals surface area contributed by atoms with Crippen molar-refractivity contribution in [1.29, 1.82) is 0 Å². The van der Waals surface area contributed by atoms with Crippen molar-refractivity contribution < 1.29 is 9.53 Å². The molecule has 1 unspecified atom stereocenters. The Hall–Kier alpha value is -2.75. The minimum atomic E-state index is -0.0556. The van der Waals surface area contributed by atoms with E-state index in [9.17, 15) is 4.79 Å². The highest BCUT2D eigenvalue weighted by Gasteiger charge is 2.38. The van der Waals surface area contributed by atoms with Crippen molar-refractivity contribution in [2.24, 2.45) is 5.92 Å². The van der Waals surface area contributed by atoms with Gasteiger partial charge in [-0.3, -0.25) is 4.79 Å². The molecule has 2 heterocycles. The van der Waals surface area contributed by atoms with Crippen molar-refractivity contribution in [1.82, 2.24) is 9.88 Å². The van der Waals surface area contributed by atoms with Crippen molar-refractivity contribution in [3.63, 3.8) is 0 Å². The van der Waals surface area contributed by atoms with Gasteiger partial charge in [-0.25, -0.2) is 0 Å². The summed E-state index contributed by atoms with van der Waals surface area (Å²) in [6.07, 6.45) is 4.15. The first kappa shape index (κ1) is 17.4. The van der Waals surface area contributed by atoms with Crippen LogP contribution < -0.4 is 4.74 Å². The van der Waals surface area contributed by atoms with E-state index in [-0.39, 0.29) is 12.0 Å². The van der Waals surface area contributed by atoms with Gasteiger partial charge in [-0.15, -0.1) is 0 Å². The van der Waals surface area contributed by atoms with Crippen LogP contribution in [0.25, 0.3) is 10.9 Å². The first-order valence-corrected chi connectivity index (χ1v) is 10.4. The molecule has 144 valence electrons. The molecule has 1 N–H and O–H groups in total. The number of hydrogen-bond donors (Lipinski definition) is 1. The Morgan fingerprint density at radius 1 is 1.14 bits per heavy atom. The number of benzene rings is 2. The molecule has 1 aliphatic carbocycles. The van der Waals surface area contributed by atoms with Gasteiger partial charge in [0.25, 0.3) is 0 Å². The lowest BCUT2D eigenvalue weighted by molar-refractivity contribution is -0.140. The van der Waals surface area contributed by atoms with E-state index in [1.54, 1.807) is 0 Å². The summed E-state index contributed by atoms with van der Waals surface area (Å²) < 4.78 is 5.62. The summed E-state index contributed by atoms with van der Waals surface area (Å²) in [4.78, 5) is 19.0. The number of rotatable bonds is 4. The number of aromatic amines is 1. The number of H-pyrrole nitrogens is 1. The molecule has 0 radical (unpaired) electrons. The third-order valence-electron chi connectivity index (χ3n) is 6.28. The van der Waals surface area contributed by atoms with Crippen molar-refractivity contribution >= 4 is 16.8 Å². The molecular weight excluding hydrogens is 348 g/mol. The molecule has 1 aromatic heterocycles. The zero-order valence-electron chi connectivity index (χ0n) is 16.3. The summed E-state index contributed by atoms with van der Waals surface area (Å²) in [5, 5.41) is 1.28. The number of carbonyl (C=O) groups is 1. The molecule has 0 spiro atoms. The number of nitrogens with one attached hydrogen (secondary N) is 1. The molecule has 4 nitrogen and oxygen atoms in total. The number of ether oxygens (including phenoxy) is 1. The fraction of sp³-hybridized carbons (Fsp3) is 0.375. The van der Waals surface area contributed by atoms with Crippen LogP contribution in [0.5, 0.6) is 5.75 Å². The Balaban J connectivity index is 1.60. The molecule has 28 heavy (non-hydrogen) atoms. The van der Waals surface area contributed by atoms with Crippen LogP contribution >= 0.6 is 0 Å². The van der Waals surface area contributed by atoms with Gasteiger partial charge in [0, 0.05) is 29.1 Å². The lowest BCUT2D eigenvalue weighted by Gasteiger charge is -2.40. The standard InChI is InChI=1S/C24H26N2O2/c1-2-28-18-12-10-16(11-13-18)23-22-20(19-8-3-4-9-21(19)25-22)14-15-26(23)24(27)17-6-5-7-17/h3-4,8-13,17,23,25H,2,5-7,14-15H2,1H3. The molecule has 4 heteroatoms. The van der Waals surface area contributed by atoms with Crippen LogP contribution in [-0.4, -0.2) is 28.9 Å². The SMILES string of the molecule is CCOc1ccc(C2c3[nH]c4ccccc4c3CCN2C(=O)C2CCC2)cc1. The molecule has 1 atom stereocenters. The van der Waals surface area contributed by atoms with Gasteiger partial charge in [-0.05, 0) is 55.5 Å². The van der Waals surface area contributed by atoms with Crippen molar-refractivity contribution in [2.45, 2.75) is 38.6 Å². The highest BCUT2D eigenvalue weighted by atomic mass is 16.5. The van der Waals surface area contributed by atoms with E-state index in [0.29, 0.717) is 12.5 Å². The summed E-state index contributed by atoms with van der Waals surface area (Å²) in [6, 6.07) is 16.7. The second-order valence-corrected chi connectivity index (χ2v) is 7.88. The number of fused-ring (bicyclic) bond motifs is 3. The Morgan fingerprint density at radius 3 is 2.64 bits per heavy atom. The van der Waals surface area contributed by atoms with E-state index >= 15 is 0 Å². The highest BCUT2D eigenvalue weighted by Crippen LogP contribution is 2.41. The number of para-hydroxylation sites is 1. The van der Waals surface area contributed by atoms with Crippen LogP contribution in [0.4, 0.5) is 0 Å². The number of hydrogen-bond acceptors (Lipinski definition) is 2. The van der Waals surface area contributed by atoms with E-state index in [1.807, 2.05) is 19.1 Å². The largest absolute Gasteiger partial charge is 0.494 e. The molecule has 3 aromatic rings. The quantitative estimate of drug-likeness (QED) is 0.710. The van der Waals surface area contributed by atoms with E-state index in [2.05, 4.69) is 46.3 Å². The molecule has 0 saturated heterocycles. The lowest BCUT2D eigenvalue weighted by atomic mass is 9.82. The minimum absolute atomic E-state index is 0.0556. The van der Waals surface area contributed by atoms with Gasteiger partial charge in [0.05, 0.1) is 12.6 Å². The molecule has 2 aromatic carbocycles. The average Bonchev–Trinajstić information content (AvgIpc) is 3.05. The fourth-order valence-corrected chi connectivity index (χ4v) is 4.63. The summed E-state index contributed by atoms with van der Waals surface area (Å²) >= 11 is 0. The Bertz CT molecular complexity index is 1000. The summed E-state index contributed by atoms with van der Waals surface area (Å²) in [6.45, 7) is 3.42. The molecule has 5 rings (SSSR count). The number of amides is 1. The molecule has 1 saturated carbocycles. The van der Waals surface area contributed by atoms with Gasteiger partial charge >= 0.3 is 0 Å². The predicted octanol–water partition coefficient (Wildman–Crippen LogP) is 4.84. The van der Waals surface area contributed by atoms with Crippen LogP contribution in [0.15, 0.2) is 48.5 Å². The van der Waals surface area contributed by atoms with E-state index in [4.69, 9.17) is 4.74 Å². The fourth-order valence-electron chi connectivity index (χ4n) is 4.63. The van der Waals surface area contributed by atoms with Gasteiger partial charge in [-0.2, -0.15) is 0 Å². The first-order chi connectivity index (χ1) is 13.8. The number of aromatic nitrogens is 1. The first-order valence-electron chi connectivity index (χ1n) is 10.4. The van der Waals surface area contributed by atoms with Crippen molar-refractivity contribution in [2.75, 3.05) is 13.2 Å². The summed E-state index contributed by atoms with van der Waals surface area (Å²) in [5.41, 5.74) is 4.82. The third-order valence-corrected chi connectivity index (χ3v) is 6.28. The second-order valence-electron chi connectivity index (χ2n) is 7.88. The van der Waals surface area contributed by atoms with Gasteiger partial charge in [-0.1, -0.05) is 36.8 Å². The van der Waals surface area contributed by atoms with Crippen LogP contribution in [-0.2, 0) is 11.2 Å². The topological polar surface area (TPSA) is 45.3 Å². The average molecular weight is 374 g/mol. The maximum Gasteiger partial charge on any atom is 0.226 e. The monoisotopic (exact) mass is 374 g/mol. The smallest absolute Gasteiger partial charge is 0.226 e. The van der Waals surface area contributed by atoms with Crippen molar-refractivity contribution in [3.8, 4) is 5.75 Å². The molecule has 1 amide bonds. The predicted molar refractivity (Wildman–Crippen MR) is 111 cm³/mol. The molecule has 2 aliphatic rings. The van der Waals surface area contributed by atoms with E-state index in [0.717, 1.165) is 42.6 Å². The summed E-state index contributed by atoms with van der Waals surface area (Å²) in [5.74, 6) is 1.39. The third kappa shape index (κ3) is 2.79. The highest BCUT2D eigenvalue weighted by molar-refractivity contribution is 5.87.